The van der Waals surface area contributed by atoms with Gasteiger partial charge in [0, 0.05) is 22.0 Å². The number of hydrogen-bond donors (Lipinski definition) is 0. The summed E-state index contributed by atoms with van der Waals surface area (Å²) in [5.74, 6) is 3.07. The van der Waals surface area contributed by atoms with Gasteiger partial charge in [0.05, 0.1) is 13.7 Å². The van der Waals surface area contributed by atoms with Crippen LogP contribution in [0.25, 0.3) is 17.1 Å². The molecular weight excluding hydrogens is 430 g/mol. The van der Waals surface area contributed by atoms with Crippen LogP contribution in [-0.2, 0) is 5.75 Å². The molecule has 0 saturated heterocycles. The van der Waals surface area contributed by atoms with Crippen molar-refractivity contribution in [3.05, 3.63) is 83.4 Å². The fourth-order valence-electron chi connectivity index (χ4n) is 3.14. The van der Waals surface area contributed by atoms with Gasteiger partial charge in [-0.1, -0.05) is 41.6 Å². The van der Waals surface area contributed by atoms with Crippen LogP contribution >= 0.6 is 23.4 Å². The van der Waals surface area contributed by atoms with Gasteiger partial charge in [-0.15, -0.1) is 10.2 Å². The molecule has 0 atom stereocenters. The average Bonchev–Trinajstić information content (AvgIpc) is 3.23. The Bertz CT molecular complexity index is 1140. The average molecular weight is 452 g/mol. The maximum atomic E-state index is 6.34. The molecule has 3 aromatic carbocycles. The van der Waals surface area contributed by atoms with E-state index in [0.29, 0.717) is 12.4 Å². The van der Waals surface area contributed by atoms with Crippen molar-refractivity contribution in [1.29, 1.82) is 0 Å². The zero-order valence-electron chi connectivity index (χ0n) is 17.3. The summed E-state index contributed by atoms with van der Waals surface area (Å²) in [6.45, 7) is 2.60. The molecule has 0 saturated carbocycles. The summed E-state index contributed by atoms with van der Waals surface area (Å²) < 4.78 is 12.9. The van der Waals surface area contributed by atoms with Gasteiger partial charge in [0.15, 0.2) is 11.0 Å². The predicted molar refractivity (Wildman–Crippen MR) is 126 cm³/mol. The topological polar surface area (TPSA) is 49.2 Å². The van der Waals surface area contributed by atoms with Gasteiger partial charge in [0.2, 0.25) is 0 Å². The van der Waals surface area contributed by atoms with Crippen LogP contribution in [0.2, 0.25) is 5.02 Å². The molecule has 0 unspecified atom stereocenters. The number of ether oxygens (including phenoxy) is 2. The third kappa shape index (κ3) is 4.86. The molecule has 1 heterocycles. The maximum Gasteiger partial charge on any atom is 0.196 e. The van der Waals surface area contributed by atoms with Gasteiger partial charge in [0.1, 0.15) is 11.5 Å². The molecule has 5 nitrogen and oxygen atoms in total. The van der Waals surface area contributed by atoms with Crippen LogP contribution in [0.15, 0.2) is 78.0 Å². The highest BCUT2D eigenvalue weighted by Crippen LogP contribution is 2.32. The van der Waals surface area contributed by atoms with Crippen LogP contribution in [-0.4, -0.2) is 28.5 Å². The van der Waals surface area contributed by atoms with Crippen molar-refractivity contribution in [2.75, 3.05) is 13.7 Å². The first-order valence-electron chi connectivity index (χ1n) is 9.89. The molecule has 0 N–H and O–H groups in total. The minimum Gasteiger partial charge on any atom is -0.497 e. The SMILES string of the molecule is CCOc1ccc(-n2c(SCc3ccccc3Cl)nnc2-c2ccc(OC)cc2)cc1. The van der Waals surface area contributed by atoms with E-state index in [9.17, 15) is 0 Å². The second-order valence-corrected chi connectivity index (χ2v) is 8.03. The second kappa shape index (κ2) is 9.90. The predicted octanol–water partition coefficient (Wildman–Crippen LogP) is 6.29. The number of benzene rings is 3. The minimum atomic E-state index is 0.627. The molecular formula is C24H22ClN3O2S. The first-order valence-corrected chi connectivity index (χ1v) is 11.2. The fraction of sp³-hybridized carbons (Fsp3) is 0.167. The van der Waals surface area contributed by atoms with E-state index < -0.39 is 0 Å². The van der Waals surface area contributed by atoms with Crippen LogP contribution in [0.4, 0.5) is 0 Å². The molecule has 0 aliphatic rings. The normalized spacial score (nSPS) is 10.8. The molecule has 4 rings (SSSR count). The van der Waals surface area contributed by atoms with Crippen LogP contribution in [0, 0.1) is 0 Å². The summed E-state index contributed by atoms with van der Waals surface area (Å²) in [4.78, 5) is 0. The lowest BCUT2D eigenvalue weighted by molar-refractivity contribution is 0.340. The highest BCUT2D eigenvalue weighted by atomic mass is 35.5. The molecule has 0 aliphatic carbocycles. The molecule has 0 aliphatic heterocycles. The van der Waals surface area contributed by atoms with Gasteiger partial charge < -0.3 is 9.47 Å². The quantitative estimate of drug-likeness (QED) is 0.295. The Labute approximate surface area is 191 Å². The van der Waals surface area contributed by atoms with Crippen molar-refractivity contribution in [2.45, 2.75) is 17.8 Å². The Morgan fingerprint density at radius 2 is 1.61 bits per heavy atom. The molecule has 31 heavy (non-hydrogen) atoms. The monoisotopic (exact) mass is 451 g/mol. The summed E-state index contributed by atoms with van der Waals surface area (Å²) in [6.07, 6.45) is 0. The first kappa shape index (κ1) is 21.3. The van der Waals surface area contributed by atoms with Gasteiger partial charge in [0.25, 0.3) is 0 Å². The Morgan fingerprint density at radius 3 is 2.29 bits per heavy atom. The van der Waals surface area contributed by atoms with E-state index in [0.717, 1.165) is 44.3 Å². The summed E-state index contributed by atoms with van der Waals surface area (Å²) in [5.41, 5.74) is 2.97. The lowest BCUT2D eigenvalue weighted by Gasteiger charge is -2.12. The van der Waals surface area contributed by atoms with E-state index in [4.69, 9.17) is 21.1 Å². The number of nitrogens with zero attached hydrogens (tertiary/aromatic N) is 3. The largest absolute Gasteiger partial charge is 0.497 e. The number of methoxy groups -OCH3 is 1. The van der Waals surface area contributed by atoms with Crippen molar-refractivity contribution in [2.24, 2.45) is 0 Å². The summed E-state index contributed by atoms with van der Waals surface area (Å²) in [5, 5.41) is 10.5. The van der Waals surface area contributed by atoms with Gasteiger partial charge in [-0.2, -0.15) is 0 Å². The van der Waals surface area contributed by atoms with Crippen LogP contribution in [0.1, 0.15) is 12.5 Å². The highest BCUT2D eigenvalue weighted by Gasteiger charge is 2.17. The fourth-order valence-corrected chi connectivity index (χ4v) is 4.38. The summed E-state index contributed by atoms with van der Waals surface area (Å²) >= 11 is 7.94. The van der Waals surface area contributed by atoms with E-state index in [1.165, 1.54) is 0 Å². The molecule has 0 radical (unpaired) electrons. The van der Waals surface area contributed by atoms with Gasteiger partial charge in [-0.05, 0) is 67.1 Å². The summed E-state index contributed by atoms with van der Waals surface area (Å²) in [6, 6.07) is 23.6. The van der Waals surface area contributed by atoms with Crippen molar-refractivity contribution in [1.82, 2.24) is 14.8 Å². The zero-order chi connectivity index (χ0) is 21.6. The standard InChI is InChI=1S/C24H22ClN3O2S/c1-3-30-21-14-10-19(11-15-21)28-23(17-8-12-20(29-2)13-9-17)26-27-24(28)31-16-18-6-4-5-7-22(18)25/h4-15H,3,16H2,1-2H3. The minimum absolute atomic E-state index is 0.627. The Balaban J connectivity index is 1.72. The maximum absolute atomic E-state index is 6.34. The molecule has 7 heteroatoms. The number of rotatable bonds is 8. The van der Waals surface area contributed by atoms with Gasteiger partial charge in [-0.3, -0.25) is 4.57 Å². The molecule has 0 bridgehead atoms. The molecule has 1 aromatic heterocycles. The number of aromatic nitrogens is 3. The summed E-state index contributed by atoms with van der Waals surface area (Å²) in [7, 11) is 1.65. The van der Waals surface area contributed by atoms with Crippen molar-refractivity contribution in [3.8, 4) is 28.6 Å². The van der Waals surface area contributed by atoms with Gasteiger partial charge >= 0.3 is 0 Å². The third-order valence-corrected chi connectivity index (χ3v) is 6.05. The Kier molecular flexibility index (Phi) is 6.79. The smallest absolute Gasteiger partial charge is 0.196 e. The number of halogens is 1. The van der Waals surface area contributed by atoms with E-state index >= 15 is 0 Å². The van der Waals surface area contributed by atoms with Crippen molar-refractivity contribution in [3.63, 3.8) is 0 Å². The van der Waals surface area contributed by atoms with Crippen molar-refractivity contribution >= 4 is 23.4 Å². The lowest BCUT2D eigenvalue weighted by Crippen LogP contribution is -2.00. The van der Waals surface area contributed by atoms with Crippen LogP contribution in [0.5, 0.6) is 11.5 Å². The van der Waals surface area contributed by atoms with Crippen LogP contribution < -0.4 is 9.47 Å². The Hall–Kier alpha value is -2.96. The number of hydrogen-bond acceptors (Lipinski definition) is 5. The zero-order valence-corrected chi connectivity index (χ0v) is 18.9. The van der Waals surface area contributed by atoms with Gasteiger partial charge in [-0.25, -0.2) is 0 Å². The van der Waals surface area contributed by atoms with Crippen LogP contribution in [0.3, 0.4) is 0 Å². The second-order valence-electron chi connectivity index (χ2n) is 6.68. The molecule has 0 fully saturated rings. The molecule has 0 spiro atoms. The first-order chi connectivity index (χ1) is 15.2. The van der Waals surface area contributed by atoms with E-state index in [2.05, 4.69) is 14.8 Å². The van der Waals surface area contributed by atoms with E-state index in [-0.39, 0.29) is 0 Å². The molecule has 4 aromatic rings. The highest BCUT2D eigenvalue weighted by molar-refractivity contribution is 7.98. The Morgan fingerprint density at radius 1 is 0.903 bits per heavy atom. The lowest BCUT2D eigenvalue weighted by atomic mass is 10.2. The molecule has 158 valence electrons. The van der Waals surface area contributed by atoms with E-state index in [1.807, 2.05) is 79.7 Å². The van der Waals surface area contributed by atoms with E-state index in [1.54, 1.807) is 18.9 Å². The third-order valence-electron chi connectivity index (χ3n) is 4.70. The van der Waals surface area contributed by atoms with Crippen molar-refractivity contribution < 1.29 is 9.47 Å². The molecule has 0 amide bonds. The number of thioether (sulfide) groups is 1.